The molecule has 0 aliphatic carbocycles. The molecule has 0 aliphatic rings. The summed E-state index contributed by atoms with van der Waals surface area (Å²) in [4.78, 5) is 11.3. The Hall–Kier alpha value is -1.42. The van der Waals surface area contributed by atoms with Crippen LogP contribution >= 0.6 is 0 Å². The fraction of sp³-hybridized carbons (Fsp3) is 0.417. The van der Waals surface area contributed by atoms with Crippen molar-refractivity contribution in [1.29, 1.82) is 0 Å². The molecule has 0 spiro atoms. The summed E-state index contributed by atoms with van der Waals surface area (Å²) in [6.45, 7) is 1.86. The zero-order valence-corrected chi connectivity index (χ0v) is 9.28. The summed E-state index contributed by atoms with van der Waals surface area (Å²) in [5.41, 5.74) is 5.97. The lowest BCUT2D eigenvalue weighted by atomic mass is 10.2. The molecule has 0 amide bonds. The molecule has 0 fully saturated rings. The first-order chi connectivity index (χ1) is 7.63. The molecule has 1 aromatic rings. The van der Waals surface area contributed by atoms with E-state index in [4.69, 9.17) is 10.5 Å². The number of carbonyl (C=O) groups excluding carboxylic acids is 1. The van der Waals surface area contributed by atoms with Crippen molar-refractivity contribution in [3.05, 3.63) is 35.6 Å². The smallest absolute Gasteiger partial charge is 0.307 e. The Morgan fingerprint density at radius 1 is 1.50 bits per heavy atom. The molecule has 0 aromatic heterocycles. The summed E-state index contributed by atoms with van der Waals surface area (Å²) in [5, 5.41) is 0. The summed E-state index contributed by atoms with van der Waals surface area (Å²) in [7, 11) is 0. The molecule has 4 heteroatoms. The van der Waals surface area contributed by atoms with Crippen LogP contribution < -0.4 is 5.73 Å². The standard InChI is InChI=1S/C12H16FNO2/c1-2-10(14)7-12(15)16-8-9-5-3-4-6-11(9)13/h3-6,10H,2,7-8,14H2,1H3. The van der Waals surface area contributed by atoms with Crippen LogP contribution in [0.1, 0.15) is 25.3 Å². The fourth-order valence-corrected chi connectivity index (χ4v) is 1.19. The highest BCUT2D eigenvalue weighted by Crippen LogP contribution is 2.08. The lowest BCUT2D eigenvalue weighted by Crippen LogP contribution is -2.23. The number of nitrogens with two attached hydrogens (primary N) is 1. The Morgan fingerprint density at radius 3 is 2.81 bits per heavy atom. The third-order valence-corrected chi connectivity index (χ3v) is 2.30. The average Bonchev–Trinajstić information content (AvgIpc) is 2.28. The van der Waals surface area contributed by atoms with Gasteiger partial charge in [0.15, 0.2) is 0 Å². The summed E-state index contributed by atoms with van der Waals surface area (Å²) in [6, 6.07) is 6.02. The van der Waals surface area contributed by atoms with Crippen LogP contribution in [0.3, 0.4) is 0 Å². The van der Waals surface area contributed by atoms with Crippen LogP contribution in [0, 0.1) is 5.82 Å². The number of carbonyl (C=O) groups is 1. The minimum Gasteiger partial charge on any atom is -0.461 e. The summed E-state index contributed by atoms with van der Waals surface area (Å²) >= 11 is 0. The molecule has 0 saturated heterocycles. The van der Waals surface area contributed by atoms with Gasteiger partial charge in [-0.25, -0.2) is 4.39 Å². The number of hydrogen-bond donors (Lipinski definition) is 1. The first kappa shape index (κ1) is 12.6. The SMILES string of the molecule is CCC(N)CC(=O)OCc1ccccc1F. The van der Waals surface area contributed by atoms with Crippen LogP contribution in [-0.2, 0) is 16.1 Å². The number of benzene rings is 1. The van der Waals surface area contributed by atoms with Gasteiger partial charge in [-0.15, -0.1) is 0 Å². The van der Waals surface area contributed by atoms with E-state index < -0.39 is 5.97 Å². The molecule has 0 bridgehead atoms. The second-order valence-electron chi connectivity index (χ2n) is 3.62. The number of rotatable bonds is 5. The molecule has 1 unspecified atom stereocenters. The quantitative estimate of drug-likeness (QED) is 0.780. The van der Waals surface area contributed by atoms with Crippen molar-refractivity contribution in [3.63, 3.8) is 0 Å². The summed E-state index contributed by atoms with van der Waals surface area (Å²) < 4.78 is 18.1. The van der Waals surface area contributed by atoms with E-state index in [-0.39, 0.29) is 24.9 Å². The van der Waals surface area contributed by atoms with Crippen LogP contribution in [0.2, 0.25) is 0 Å². The predicted octanol–water partition coefficient (Wildman–Crippen LogP) is 2.00. The molecule has 2 N–H and O–H groups in total. The second kappa shape index (κ2) is 6.23. The molecule has 0 radical (unpaired) electrons. The maximum absolute atomic E-state index is 13.2. The number of ether oxygens (including phenoxy) is 1. The van der Waals surface area contributed by atoms with Crippen molar-refractivity contribution in [2.75, 3.05) is 0 Å². The Kier molecular flexibility index (Phi) is 4.92. The molecule has 0 aliphatic heterocycles. The van der Waals surface area contributed by atoms with Crippen molar-refractivity contribution in [2.45, 2.75) is 32.4 Å². The summed E-state index contributed by atoms with van der Waals surface area (Å²) in [5.74, 6) is -0.757. The second-order valence-corrected chi connectivity index (χ2v) is 3.62. The Bertz CT molecular complexity index is 355. The van der Waals surface area contributed by atoms with Gasteiger partial charge in [-0.05, 0) is 12.5 Å². The first-order valence-electron chi connectivity index (χ1n) is 5.28. The van der Waals surface area contributed by atoms with E-state index in [9.17, 15) is 9.18 Å². The van der Waals surface area contributed by atoms with E-state index in [0.717, 1.165) is 6.42 Å². The minimum absolute atomic E-state index is 0.0397. The molecule has 88 valence electrons. The van der Waals surface area contributed by atoms with Crippen molar-refractivity contribution in [1.82, 2.24) is 0 Å². The number of esters is 1. The van der Waals surface area contributed by atoms with Gasteiger partial charge in [0.25, 0.3) is 0 Å². The Morgan fingerprint density at radius 2 is 2.19 bits per heavy atom. The molecule has 1 atom stereocenters. The Balaban J connectivity index is 2.40. The van der Waals surface area contributed by atoms with Gasteiger partial charge < -0.3 is 10.5 Å². The van der Waals surface area contributed by atoms with Gasteiger partial charge in [0, 0.05) is 11.6 Å². The largest absolute Gasteiger partial charge is 0.461 e. The number of hydrogen-bond acceptors (Lipinski definition) is 3. The van der Waals surface area contributed by atoms with E-state index in [1.165, 1.54) is 6.07 Å². The normalized spacial score (nSPS) is 12.2. The van der Waals surface area contributed by atoms with Gasteiger partial charge in [-0.1, -0.05) is 25.1 Å². The van der Waals surface area contributed by atoms with Crippen LogP contribution in [-0.4, -0.2) is 12.0 Å². The fourth-order valence-electron chi connectivity index (χ4n) is 1.19. The maximum atomic E-state index is 13.2. The number of halogens is 1. The van der Waals surface area contributed by atoms with Gasteiger partial charge in [0.2, 0.25) is 0 Å². The van der Waals surface area contributed by atoms with Gasteiger partial charge in [0.05, 0.1) is 6.42 Å². The molecular weight excluding hydrogens is 209 g/mol. The molecule has 3 nitrogen and oxygen atoms in total. The molecule has 1 rings (SSSR count). The van der Waals surface area contributed by atoms with Crippen LogP contribution in [0.4, 0.5) is 4.39 Å². The van der Waals surface area contributed by atoms with E-state index in [1.807, 2.05) is 6.92 Å². The van der Waals surface area contributed by atoms with Crippen LogP contribution in [0.15, 0.2) is 24.3 Å². The highest BCUT2D eigenvalue weighted by atomic mass is 19.1. The van der Waals surface area contributed by atoms with E-state index in [2.05, 4.69) is 0 Å². The van der Waals surface area contributed by atoms with Crippen molar-refractivity contribution in [2.24, 2.45) is 5.73 Å². The first-order valence-corrected chi connectivity index (χ1v) is 5.28. The molecule has 0 saturated carbocycles. The minimum atomic E-state index is -0.391. The van der Waals surface area contributed by atoms with Gasteiger partial charge in [-0.3, -0.25) is 4.79 Å². The third kappa shape index (κ3) is 3.98. The van der Waals surface area contributed by atoms with Gasteiger partial charge in [-0.2, -0.15) is 0 Å². The van der Waals surface area contributed by atoms with Crippen molar-refractivity contribution in [3.8, 4) is 0 Å². The van der Waals surface area contributed by atoms with Gasteiger partial charge in [0.1, 0.15) is 12.4 Å². The average molecular weight is 225 g/mol. The maximum Gasteiger partial charge on any atom is 0.307 e. The zero-order valence-electron chi connectivity index (χ0n) is 9.28. The lowest BCUT2D eigenvalue weighted by Gasteiger charge is -2.09. The van der Waals surface area contributed by atoms with E-state index >= 15 is 0 Å². The molecule has 1 aromatic carbocycles. The highest BCUT2D eigenvalue weighted by molar-refractivity contribution is 5.70. The third-order valence-electron chi connectivity index (χ3n) is 2.30. The lowest BCUT2D eigenvalue weighted by molar-refractivity contribution is -0.145. The molecule has 16 heavy (non-hydrogen) atoms. The monoisotopic (exact) mass is 225 g/mol. The van der Waals surface area contributed by atoms with E-state index in [0.29, 0.717) is 5.56 Å². The predicted molar refractivity (Wildman–Crippen MR) is 59.1 cm³/mol. The van der Waals surface area contributed by atoms with Crippen LogP contribution in [0.25, 0.3) is 0 Å². The Labute approximate surface area is 94.4 Å². The topological polar surface area (TPSA) is 52.3 Å². The van der Waals surface area contributed by atoms with Crippen molar-refractivity contribution >= 4 is 5.97 Å². The van der Waals surface area contributed by atoms with Crippen molar-refractivity contribution < 1.29 is 13.9 Å². The molecular formula is C12H16FNO2. The van der Waals surface area contributed by atoms with Crippen LogP contribution in [0.5, 0.6) is 0 Å². The summed E-state index contributed by atoms with van der Waals surface area (Å²) in [6.07, 6.45) is 0.889. The highest BCUT2D eigenvalue weighted by Gasteiger charge is 2.10. The molecule has 0 heterocycles. The zero-order chi connectivity index (χ0) is 12.0. The van der Waals surface area contributed by atoms with Gasteiger partial charge >= 0.3 is 5.97 Å². The van der Waals surface area contributed by atoms with E-state index in [1.54, 1.807) is 18.2 Å².